The van der Waals surface area contributed by atoms with Crippen LogP contribution in [0.2, 0.25) is 0 Å². The van der Waals surface area contributed by atoms with Crippen molar-refractivity contribution in [2.75, 3.05) is 0 Å². The second-order valence-electron chi connectivity index (χ2n) is 8.00. The molecule has 0 aliphatic heterocycles. The molecule has 0 heterocycles. The third-order valence-corrected chi connectivity index (χ3v) is 6.74. The summed E-state index contributed by atoms with van der Waals surface area (Å²) in [6.45, 7) is 9.60. The van der Waals surface area contributed by atoms with Crippen LogP contribution in [-0.4, -0.2) is 35.0 Å². The lowest BCUT2D eigenvalue weighted by atomic mass is 9.53. The summed E-state index contributed by atoms with van der Waals surface area (Å²) < 4.78 is 0. The summed E-state index contributed by atoms with van der Waals surface area (Å²) in [6, 6.07) is 0. The van der Waals surface area contributed by atoms with E-state index in [1.165, 1.54) is 0 Å². The van der Waals surface area contributed by atoms with E-state index in [9.17, 15) is 19.8 Å². The van der Waals surface area contributed by atoms with Crippen LogP contribution >= 0.6 is 0 Å². The smallest absolute Gasteiger partial charge is 0.146 e. The normalized spacial score (nSPS) is 38.0. The third kappa shape index (κ3) is 2.70. The Labute approximate surface area is 144 Å². The van der Waals surface area contributed by atoms with Crippen molar-refractivity contribution < 1.29 is 19.8 Å². The van der Waals surface area contributed by atoms with E-state index < -0.39 is 23.0 Å². The van der Waals surface area contributed by atoms with Crippen molar-refractivity contribution in [2.24, 2.45) is 22.7 Å². The molecule has 6 atom stereocenters. The van der Waals surface area contributed by atoms with E-state index in [1.807, 2.05) is 6.92 Å². The first-order chi connectivity index (χ1) is 11.2. The van der Waals surface area contributed by atoms with Crippen LogP contribution in [0.1, 0.15) is 52.9 Å². The van der Waals surface area contributed by atoms with Gasteiger partial charge in [-0.1, -0.05) is 32.1 Å². The Balaban J connectivity index is 2.32. The van der Waals surface area contributed by atoms with Gasteiger partial charge in [0.1, 0.15) is 12.6 Å². The van der Waals surface area contributed by atoms with E-state index in [-0.39, 0.29) is 11.8 Å². The zero-order valence-electron chi connectivity index (χ0n) is 15.0. The van der Waals surface area contributed by atoms with Crippen molar-refractivity contribution in [3.63, 3.8) is 0 Å². The molecule has 0 amide bonds. The van der Waals surface area contributed by atoms with Gasteiger partial charge in [-0.25, -0.2) is 0 Å². The average molecular weight is 334 g/mol. The number of aldehydes is 2. The summed E-state index contributed by atoms with van der Waals surface area (Å²) in [6.07, 6.45) is 5.63. The Hall–Kier alpha value is -1.26. The predicted octanol–water partition coefficient (Wildman–Crippen LogP) is 2.83. The molecule has 0 spiro atoms. The number of rotatable bonds is 7. The molecule has 0 radical (unpaired) electrons. The maximum absolute atomic E-state index is 12.3. The van der Waals surface area contributed by atoms with Gasteiger partial charge < -0.3 is 15.0 Å². The molecule has 2 aliphatic rings. The zero-order chi connectivity index (χ0) is 18.1. The van der Waals surface area contributed by atoms with Gasteiger partial charge in [0.2, 0.25) is 0 Å². The maximum atomic E-state index is 12.3. The first-order valence-corrected chi connectivity index (χ1v) is 8.88. The van der Waals surface area contributed by atoms with Gasteiger partial charge in [-0.2, -0.15) is 0 Å². The van der Waals surface area contributed by atoms with E-state index in [0.717, 1.165) is 37.4 Å². The number of fused-ring (bicyclic) bond motifs is 1. The van der Waals surface area contributed by atoms with E-state index in [1.54, 1.807) is 13.0 Å². The molecule has 2 rings (SSSR count). The highest BCUT2D eigenvalue weighted by Gasteiger charge is 2.64. The topological polar surface area (TPSA) is 74.6 Å². The van der Waals surface area contributed by atoms with E-state index in [2.05, 4.69) is 13.5 Å². The minimum atomic E-state index is -0.917. The number of hydrogen-bond donors (Lipinski definition) is 2. The minimum Gasteiger partial charge on any atom is -0.392 e. The number of aliphatic hydroxyl groups excluding tert-OH is 2. The van der Waals surface area contributed by atoms with E-state index in [4.69, 9.17) is 0 Å². The predicted molar refractivity (Wildman–Crippen MR) is 93.3 cm³/mol. The highest BCUT2D eigenvalue weighted by Crippen LogP contribution is 2.64. The average Bonchev–Trinajstić information content (AvgIpc) is 2.88. The molecule has 2 N–H and O–H groups in total. The minimum absolute atomic E-state index is 0.00345. The summed E-state index contributed by atoms with van der Waals surface area (Å²) in [5, 5.41) is 20.6. The molecule has 2 aliphatic carbocycles. The molecule has 24 heavy (non-hydrogen) atoms. The van der Waals surface area contributed by atoms with Crippen LogP contribution in [0.25, 0.3) is 0 Å². The molecule has 4 heteroatoms. The van der Waals surface area contributed by atoms with Crippen molar-refractivity contribution in [3.8, 4) is 0 Å². The molecular weight excluding hydrogens is 304 g/mol. The van der Waals surface area contributed by atoms with Crippen molar-refractivity contribution in [1.82, 2.24) is 0 Å². The fourth-order valence-electron chi connectivity index (χ4n) is 5.00. The standard InChI is InChI=1S/C20H30O4/c1-13(2)17(23)7-5-14(3)16-9-10-19(4)18(24)8-6-15(11-21)20(16,19)12-22/h6,11-12,14,16-18,23-24H,1,5,7-10H2,2-4H3/t14-,16+,17+,18-,19+,20+/m0/s1. The second kappa shape index (κ2) is 6.93. The van der Waals surface area contributed by atoms with Crippen LogP contribution in [0.3, 0.4) is 0 Å². The van der Waals surface area contributed by atoms with Crippen molar-refractivity contribution in [2.45, 2.75) is 65.1 Å². The molecule has 0 saturated heterocycles. The summed E-state index contributed by atoms with van der Waals surface area (Å²) in [5.41, 5.74) is -0.240. The summed E-state index contributed by atoms with van der Waals surface area (Å²) in [5.74, 6) is 0.170. The highest BCUT2D eigenvalue weighted by atomic mass is 16.3. The molecule has 0 aromatic carbocycles. The molecule has 134 valence electrons. The monoisotopic (exact) mass is 334 g/mol. The zero-order valence-corrected chi connectivity index (χ0v) is 15.0. The molecule has 1 saturated carbocycles. The van der Waals surface area contributed by atoms with Crippen molar-refractivity contribution in [3.05, 3.63) is 23.8 Å². The molecule has 1 fully saturated rings. The molecule has 0 aromatic rings. The van der Waals surface area contributed by atoms with Crippen molar-refractivity contribution >= 4 is 12.6 Å². The van der Waals surface area contributed by atoms with Crippen LogP contribution in [-0.2, 0) is 9.59 Å². The molecule has 0 unspecified atom stereocenters. The van der Waals surface area contributed by atoms with E-state index in [0.29, 0.717) is 18.4 Å². The molecule has 0 bridgehead atoms. The Morgan fingerprint density at radius 3 is 2.67 bits per heavy atom. The number of allylic oxidation sites excluding steroid dienone is 1. The lowest BCUT2D eigenvalue weighted by Crippen LogP contribution is -2.53. The number of aliphatic hydroxyl groups is 2. The number of carbonyl (C=O) groups excluding carboxylic acids is 2. The van der Waals surface area contributed by atoms with Gasteiger partial charge in [0.05, 0.1) is 17.6 Å². The lowest BCUT2D eigenvalue weighted by molar-refractivity contribution is -0.133. The first kappa shape index (κ1) is 19.1. The fourth-order valence-corrected chi connectivity index (χ4v) is 5.00. The van der Waals surface area contributed by atoms with Crippen LogP contribution < -0.4 is 0 Å². The summed E-state index contributed by atoms with van der Waals surface area (Å²) in [7, 11) is 0. The van der Waals surface area contributed by atoms with Gasteiger partial charge in [0.15, 0.2) is 0 Å². The molecule has 4 nitrogen and oxygen atoms in total. The summed E-state index contributed by atoms with van der Waals surface area (Å²) in [4.78, 5) is 23.9. The van der Waals surface area contributed by atoms with Gasteiger partial charge in [0.25, 0.3) is 0 Å². The molecular formula is C20H30O4. The summed E-state index contributed by atoms with van der Waals surface area (Å²) >= 11 is 0. The SMILES string of the molecule is C=C(C)[C@H](O)CC[C@H](C)[C@H]1CC[C@]2(C)[C@@H](O)CC=C(C=O)[C@]12C=O. The maximum Gasteiger partial charge on any atom is 0.146 e. The second-order valence-corrected chi connectivity index (χ2v) is 8.00. The fraction of sp³-hybridized carbons (Fsp3) is 0.700. The largest absolute Gasteiger partial charge is 0.392 e. The van der Waals surface area contributed by atoms with Gasteiger partial charge in [0, 0.05) is 11.0 Å². The Morgan fingerprint density at radius 2 is 2.12 bits per heavy atom. The Bertz CT molecular complexity index is 552. The number of hydrogen-bond acceptors (Lipinski definition) is 4. The van der Waals surface area contributed by atoms with Crippen LogP contribution in [0.4, 0.5) is 0 Å². The Kier molecular flexibility index (Phi) is 5.50. The quantitative estimate of drug-likeness (QED) is 0.554. The van der Waals surface area contributed by atoms with Gasteiger partial charge >= 0.3 is 0 Å². The van der Waals surface area contributed by atoms with Crippen molar-refractivity contribution in [1.29, 1.82) is 0 Å². The van der Waals surface area contributed by atoms with Crippen LogP contribution in [0.5, 0.6) is 0 Å². The van der Waals surface area contributed by atoms with Gasteiger partial charge in [-0.15, -0.1) is 0 Å². The van der Waals surface area contributed by atoms with E-state index >= 15 is 0 Å². The third-order valence-electron chi connectivity index (χ3n) is 6.74. The molecule has 0 aromatic heterocycles. The van der Waals surface area contributed by atoms with Crippen LogP contribution in [0.15, 0.2) is 23.8 Å². The van der Waals surface area contributed by atoms with Gasteiger partial charge in [-0.05, 0) is 50.9 Å². The van der Waals surface area contributed by atoms with Gasteiger partial charge in [-0.3, -0.25) is 4.79 Å². The highest BCUT2D eigenvalue weighted by molar-refractivity contribution is 5.86. The van der Waals surface area contributed by atoms with Crippen LogP contribution in [0, 0.1) is 22.7 Å². The first-order valence-electron chi connectivity index (χ1n) is 8.88. The lowest BCUT2D eigenvalue weighted by Gasteiger charge is -2.50. The number of carbonyl (C=O) groups is 2. The Morgan fingerprint density at radius 1 is 1.46 bits per heavy atom.